The van der Waals surface area contributed by atoms with E-state index >= 15 is 0 Å². The molecule has 0 spiro atoms. The molecular formula is C21H29NO. The van der Waals surface area contributed by atoms with Gasteiger partial charge in [0.2, 0.25) is 0 Å². The number of nitrogens with one attached hydrogen (secondary N) is 1. The Morgan fingerprint density at radius 2 is 1.65 bits per heavy atom. The van der Waals surface area contributed by atoms with E-state index in [0.717, 1.165) is 31.7 Å². The maximum atomic E-state index is 5.98. The van der Waals surface area contributed by atoms with Gasteiger partial charge in [0.25, 0.3) is 0 Å². The average molecular weight is 311 g/mol. The molecule has 2 aromatic carbocycles. The van der Waals surface area contributed by atoms with Gasteiger partial charge in [-0.25, -0.2) is 0 Å². The molecule has 0 saturated carbocycles. The average Bonchev–Trinajstić information content (AvgIpc) is 2.57. The van der Waals surface area contributed by atoms with E-state index in [9.17, 15) is 0 Å². The minimum absolute atomic E-state index is 0.375. The van der Waals surface area contributed by atoms with Crippen LogP contribution in [0.4, 0.5) is 0 Å². The van der Waals surface area contributed by atoms with Crippen molar-refractivity contribution in [3.05, 3.63) is 65.7 Å². The van der Waals surface area contributed by atoms with E-state index in [1.165, 1.54) is 11.1 Å². The van der Waals surface area contributed by atoms with Crippen LogP contribution in [0.15, 0.2) is 54.6 Å². The van der Waals surface area contributed by atoms with E-state index < -0.39 is 0 Å². The summed E-state index contributed by atoms with van der Waals surface area (Å²) in [5.41, 5.74) is 2.57. The third-order valence-corrected chi connectivity index (χ3v) is 4.07. The second-order valence-corrected chi connectivity index (χ2v) is 6.39. The molecular weight excluding hydrogens is 282 g/mol. The third kappa shape index (κ3) is 5.72. The predicted molar refractivity (Wildman–Crippen MR) is 97.7 cm³/mol. The minimum Gasteiger partial charge on any atom is -0.493 e. The van der Waals surface area contributed by atoms with Crippen molar-refractivity contribution in [2.24, 2.45) is 5.92 Å². The maximum Gasteiger partial charge on any atom is 0.123 e. The van der Waals surface area contributed by atoms with Crippen molar-refractivity contribution in [3.63, 3.8) is 0 Å². The number of hydrogen-bond donors (Lipinski definition) is 1. The molecule has 1 N–H and O–H groups in total. The molecule has 0 amide bonds. The van der Waals surface area contributed by atoms with Gasteiger partial charge >= 0.3 is 0 Å². The van der Waals surface area contributed by atoms with E-state index in [1.54, 1.807) is 0 Å². The molecule has 124 valence electrons. The van der Waals surface area contributed by atoms with Gasteiger partial charge in [-0.15, -0.1) is 0 Å². The first-order valence-electron chi connectivity index (χ1n) is 8.69. The number of ether oxygens (including phenoxy) is 1. The van der Waals surface area contributed by atoms with Crippen LogP contribution in [-0.2, 0) is 6.54 Å². The van der Waals surface area contributed by atoms with Crippen molar-refractivity contribution in [2.45, 2.75) is 46.2 Å². The van der Waals surface area contributed by atoms with Crippen LogP contribution in [0.2, 0.25) is 0 Å². The van der Waals surface area contributed by atoms with Crippen LogP contribution in [0.1, 0.15) is 50.8 Å². The zero-order valence-electron chi connectivity index (χ0n) is 14.6. The molecule has 2 rings (SSSR count). The fraction of sp³-hybridized carbons (Fsp3) is 0.429. The van der Waals surface area contributed by atoms with Gasteiger partial charge in [-0.2, -0.15) is 0 Å². The molecule has 0 radical (unpaired) electrons. The van der Waals surface area contributed by atoms with Crippen LogP contribution >= 0.6 is 0 Å². The highest BCUT2D eigenvalue weighted by molar-refractivity contribution is 5.33. The summed E-state index contributed by atoms with van der Waals surface area (Å²) in [6.45, 7) is 8.27. The van der Waals surface area contributed by atoms with Gasteiger partial charge in [-0.05, 0) is 30.4 Å². The molecule has 0 aliphatic heterocycles. The maximum absolute atomic E-state index is 5.98. The van der Waals surface area contributed by atoms with E-state index in [1.807, 2.05) is 6.07 Å². The summed E-state index contributed by atoms with van der Waals surface area (Å²) < 4.78 is 5.98. The van der Waals surface area contributed by atoms with Crippen LogP contribution in [0, 0.1) is 5.92 Å². The standard InChI is InChI=1S/C21H29NO/c1-4-20(18-10-6-5-7-11-18)22-16-19-12-8-9-13-21(19)23-15-14-17(2)3/h5-13,17,20,22H,4,14-16H2,1-3H3. The highest BCUT2D eigenvalue weighted by Crippen LogP contribution is 2.21. The Hall–Kier alpha value is -1.80. The lowest BCUT2D eigenvalue weighted by atomic mass is 10.0. The van der Waals surface area contributed by atoms with Gasteiger partial charge in [0, 0.05) is 18.2 Å². The Balaban J connectivity index is 1.96. The Kier molecular flexibility index (Phi) is 7.15. The first kappa shape index (κ1) is 17.6. The van der Waals surface area contributed by atoms with Crippen molar-refractivity contribution < 1.29 is 4.74 Å². The van der Waals surface area contributed by atoms with Crippen LogP contribution in [0.25, 0.3) is 0 Å². The van der Waals surface area contributed by atoms with Crippen LogP contribution < -0.4 is 10.1 Å². The summed E-state index contributed by atoms with van der Waals surface area (Å²) >= 11 is 0. The Labute approximate surface area is 140 Å². The first-order valence-corrected chi connectivity index (χ1v) is 8.69. The van der Waals surface area contributed by atoms with Crippen LogP contribution in [0.3, 0.4) is 0 Å². The van der Waals surface area contributed by atoms with Crippen LogP contribution in [-0.4, -0.2) is 6.61 Å². The molecule has 23 heavy (non-hydrogen) atoms. The SMILES string of the molecule is CCC(NCc1ccccc1OCCC(C)C)c1ccccc1. The molecule has 0 aromatic heterocycles. The van der Waals surface area contributed by atoms with Crippen molar-refractivity contribution in [1.29, 1.82) is 0 Å². The van der Waals surface area contributed by atoms with Gasteiger partial charge in [0.15, 0.2) is 0 Å². The van der Waals surface area contributed by atoms with Crippen molar-refractivity contribution >= 4 is 0 Å². The fourth-order valence-electron chi connectivity index (χ4n) is 2.61. The summed E-state index contributed by atoms with van der Waals surface area (Å²) in [7, 11) is 0. The van der Waals surface area contributed by atoms with Gasteiger partial charge in [-0.3, -0.25) is 0 Å². The molecule has 0 bridgehead atoms. The predicted octanol–water partition coefficient (Wildman–Crippen LogP) is 5.35. The summed E-state index contributed by atoms with van der Waals surface area (Å²) in [6.07, 6.45) is 2.16. The Morgan fingerprint density at radius 3 is 2.35 bits per heavy atom. The number of hydrogen-bond acceptors (Lipinski definition) is 2. The lowest BCUT2D eigenvalue weighted by Crippen LogP contribution is -2.20. The highest BCUT2D eigenvalue weighted by atomic mass is 16.5. The number of benzene rings is 2. The molecule has 2 heteroatoms. The molecule has 1 atom stereocenters. The third-order valence-electron chi connectivity index (χ3n) is 4.07. The van der Waals surface area contributed by atoms with Gasteiger partial charge in [0.1, 0.15) is 5.75 Å². The zero-order valence-corrected chi connectivity index (χ0v) is 14.6. The lowest BCUT2D eigenvalue weighted by Gasteiger charge is -2.19. The fourth-order valence-corrected chi connectivity index (χ4v) is 2.61. The van der Waals surface area contributed by atoms with E-state index in [-0.39, 0.29) is 0 Å². The molecule has 1 unspecified atom stereocenters. The van der Waals surface area contributed by atoms with Gasteiger partial charge in [-0.1, -0.05) is 69.3 Å². The second-order valence-electron chi connectivity index (χ2n) is 6.39. The Morgan fingerprint density at radius 1 is 0.957 bits per heavy atom. The second kappa shape index (κ2) is 9.36. The molecule has 0 aliphatic rings. The molecule has 0 fully saturated rings. The highest BCUT2D eigenvalue weighted by Gasteiger charge is 2.10. The van der Waals surface area contributed by atoms with Crippen molar-refractivity contribution in [3.8, 4) is 5.75 Å². The Bertz CT molecular complexity index is 565. The molecule has 2 aromatic rings. The largest absolute Gasteiger partial charge is 0.493 e. The molecule has 0 aliphatic carbocycles. The van der Waals surface area contributed by atoms with Gasteiger partial charge in [0.05, 0.1) is 6.61 Å². The zero-order chi connectivity index (χ0) is 16.5. The molecule has 2 nitrogen and oxygen atoms in total. The minimum atomic E-state index is 0.375. The summed E-state index contributed by atoms with van der Waals surface area (Å²) in [4.78, 5) is 0. The summed E-state index contributed by atoms with van der Waals surface area (Å²) in [5, 5.41) is 3.66. The summed E-state index contributed by atoms with van der Waals surface area (Å²) in [6, 6.07) is 19.4. The summed E-state index contributed by atoms with van der Waals surface area (Å²) in [5.74, 6) is 1.67. The quantitative estimate of drug-likeness (QED) is 0.674. The molecule has 0 saturated heterocycles. The van der Waals surface area contributed by atoms with E-state index in [4.69, 9.17) is 4.74 Å². The number of para-hydroxylation sites is 1. The number of rotatable bonds is 9. The van der Waals surface area contributed by atoms with E-state index in [2.05, 4.69) is 74.6 Å². The normalized spacial score (nSPS) is 12.3. The van der Waals surface area contributed by atoms with Crippen LogP contribution in [0.5, 0.6) is 5.75 Å². The smallest absolute Gasteiger partial charge is 0.123 e. The lowest BCUT2D eigenvalue weighted by molar-refractivity contribution is 0.286. The van der Waals surface area contributed by atoms with Crippen molar-refractivity contribution in [1.82, 2.24) is 5.32 Å². The van der Waals surface area contributed by atoms with Crippen molar-refractivity contribution in [2.75, 3.05) is 6.61 Å². The monoisotopic (exact) mass is 311 g/mol. The first-order chi connectivity index (χ1) is 11.2. The topological polar surface area (TPSA) is 21.3 Å². The van der Waals surface area contributed by atoms with Gasteiger partial charge < -0.3 is 10.1 Å². The molecule has 0 heterocycles. The van der Waals surface area contributed by atoms with E-state index in [0.29, 0.717) is 12.0 Å².